The van der Waals surface area contributed by atoms with Gasteiger partial charge in [-0.25, -0.2) is 16.8 Å². The average Bonchev–Trinajstić information content (AvgIpc) is 2.85. The van der Waals surface area contributed by atoms with Gasteiger partial charge in [0.15, 0.2) is 9.84 Å². The molecule has 0 fully saturated rings. The van der Waals surface area contributed by atoms with Crippen LogP contribution in [0, 0.1) is 6.92 Å². The molecule has 0 saturated heterocycles. The summed E-state index contributed by atoms with van der Waals surface area (Å²) in [6.07, 6.45) is 4.04. The second-order valence-electron chi connectivity index (χ2n) is 8.93. The molecule has 1 aliphatic heterocycles. The molecule has 4 rings (SSSR count). The number of nitrogens with zero attached hydrogens (tertiary/aromatic N) is 1. The van der Waals surface area contributed by atoms with Crippen LogP contribution in [-0.4, -0.2) is 46.8 Å². The molecule has 0 unspecified atom stereocenters. The molecule has 0 amide bonds. The zero-order valence-corrected chi connectivity index (χ0v) is 22.0. The number of ether oxygens (including phenoxy) is 1. The molecular formula is C27H27NO7S2. The summed E-state index contributed by atoms with van der Waals surface area (Å²) in [6.45, 7) is 1.78. The van der Waals surface area contributed by atoms with Crippen LogP contribution in [0.25, 0.3) is 12.2 Å². The predicted octanol–water partition coefficient (Wildman–Crippen LogP) is 4.39. The number of hydrogen-bond donors (Lipinski definition) is 1. The molecule has 0 aromatic heterocycles. The number of rotatable bonds is 8. The quantitative estimate of drug-likeness (QED) is 0.420. The second kappa shape index (κ2) is 10.4. The number of anilines is 1. The van der Waals surface area contributed by atoms with Crippen molar-refractivity contribution in [1.29, 1.82) is 0 Å². The lowest BCUT2D eigenvalue weighted by Crippen LogP contribution is -2.43. The van der Waals surface area contributed by atoms with Crippen LogP contribution >= 0.6 is 0 Å². The molecule has 3 aromatic carbocycles. The standard InChI is InChI=1S/C27H27NO7S2/c1-19-5-3-8-24(15-19)37(33,34)28-18-22(12-14-27(29)30)35-26-13-11-21(17-25(26)28)10-9-20-6-4-7-23(16-20)36(2,31)32/h3-11,13,15-17,22H,12,14,18H2,1-2H3,(H,29,30)/b10-9+/t22-/m0/s1. The Labute approximate surface area is 216 Å². The van der Waals surface area contributed by atoms with Crippen LogP contribution in [-0.2, 0) is 24.7 Å². The number of aryl methyl sites for hydroxylation is 1. The van der Waals surface area contributed by atoms with Crippen molar-refractivity contribution >= 4 is 43.7 Å². The van der Waals surface area contributed by atoms with Gasteiger partial charge in [0.05, 0.1) is 22.0 Å². The third-order valence-corrected chi connectivity index (χ3v) is 8.81. The fraction of sp³-hybridized carbons (Fsp3) is 0.222. The van der Waals surface area contributed by atoms with Crippen molar-refractivity contribution in [2.24, 2.45) is 0 Å². The van der Waals surface area contributed by atoms with Gasteiger partial charge in [-0.05, 0) is 66.4 Å². The van der Waals surface area contributed by atoms with Crippen LogP contribution in [0.5, 0.6) is 5.75 Å². The normalized spacial score (nSPS) is 15.8. The first kappa shape index (κ1) is 26.4. The summed E-state index contributed by atoms with van der Waals surface area (Å²) in [4.78, 5) is 11.4. The van der Waals surface area contributed by atoms with E-state index in [4.69, 9.17) is 9.84 Å². The van der Waals surface area contributed by atoms with Gasteiger partial charge in [-0.1, -0.05) is 42.5 Å². The Kier molecular flexibility index (Phi) is 7.42. The highest BCUT2D eigenvalue weighted by atomic mass is 32.2. The topological polar surface area (TPSA) is 118 Å². The molecule has 1 N–H and O–H groups in total. The molecule has 0 radical (unpaired) electrons. The zero-order chi connectivity index (χ0) is 26.8. The van der Waals surface area contributed by atoms with E-state index in [0.29, 0.717) is 22.6 Å². The van der Waals surface area contributed by atoms with Crippen LogP contribution in [0.2, 0.25) is 0 Å². The third-order valence-electron chi connectivity index (χ3n) is 5.93. The molecule has 0 bridgehead atoms. The Hall–Kier alpha value is -3.63. The molecule has 1 aliphatic rings. The van der Waals surface area contributed by atoms with Crippen molar-refractivity contribution in [1.82, 2.24) is 0 Å². The predicted molar refractivity (Wildman–Crippen MR) is 142 cm³/mol. The Morgan fingerprint density at radius 3 is 2.32 bits per heavy atom. The number of fused-ring (bicyclic) bond motifs is 1. The number of sulfonamides is 1. The monoisotopic (exact) mass is 541 g/mol. The Balaban J connectivity index is 1.72. The average molecular weight is 542 g/mol. The van der Waals surface area contributed by atoms with Crippen LogP contribution in [0.1, 0.15) is 29.5 Å². The summed E-state index contributed by atoms with van der Waals surface area (Å²) in [5.41, 5.74) is 2.50. The van der Waals surface area contributed by atoms with E-state index in [1.807, 2.05) is 13.0 Å². The SMILES string of the molecule is Cc1cccc(S(=O)(=O)N2C[C@H](CCC(=O)O)Oc3ccc(/C=C/c4cccc(S(C)(=O)=O)c4)cc32)c1. The summed E-state index contributed by atoms with van der Waals surface area (Å²) in [6, 6.07) is 18.2. The van der Waals surface area contributed by atoms with Crippen LogP contribution in [0.4, 0.5) is 5.69 Å². The van der Waals surface area contributed by atoms with E-state index >= 15 is 0 Å². The number of benzene rings is 3. The maximum atomic E-state index is 13.7. The van der Waals surface area contributed by atoms with Crippen molar-refractivity contribution in [2.45, 2.75) is 35.7 Å². The van der Waals surface area contributed by atoms with E-state index in [2.05, 4.69) is 0 Å². The van der Waals surface area contributed by atoms with Crippen LogP contribution in [0.3, 0.4) is 0 Å². The van der Waals surface area contributed by atoms with Crippen molar-refractivity contribution in [3.05, 3.63) is 83.4 Å². The van der Waals surface area contributed by atoms with Gasteiger partial charge in [-0.3, -0.25) is 9.10 Å². The number of aliphatic carboxylic acids is 1. The van der Waals surface area contributed by atoms with Crippen molar-refractivity contribution in [2.75, 3.05) is 17.1 Å². The molecule has 3 aromatic rings. The largest absolute Gasteiger partial charge is 0.486 e. The minimum Gasteiger partial charge on any atom is -0.486 e. The van der Waals surface area contributed by atoms with E-state index in [1.165, 1.54) is 16.4 Å². The number of sulfone groups is 1. The third kappa shape index (κ3) is 6.20. The van der Waals surface area contributed by atoms with Gasteiger partial charge in [0, 0.05) is 12.7 Å². The van der Waals surface area contributed by atoms with Crippen LogP contribution < -0.4 is 9.04 Å². The molecule has 1 heterocycles. The van der Waals surface area contributed by atoms with Gasteiger partial charge >= 0.3 is 5.97 Å². The Morgan fingerprint density at radius 2 is 1.65 bits per heavy atom. The number of carboxylic acid groups (broad SMARTS) is 1. The Bertz CT molecular complexity index is 1580. The highest BCUT2D eigenvalue weighted by molar-refractivity contribution is 7.92. The van der Waals surface area contributed by atoms with Gasteiger partial charge in [-0.2, -0.15) is 0 Å². The van der Waals surface area contributed by atoms with Crippen molar-refractivity contribution in [3.8, 4) is 5.75 Å². The summed E-state index contributed by atoms with van der Waals surface area (Å²) < 4.78 is 58.4. The van der Waals surface area contributed by atoms with E-state index < -0.39 is 31.9 Å². The Morgan fingerprint density at radius 1 is 0.973 bits per heavy atom. The van der Waals surface area contributed by atoms with Gasteiger partial charge in [0.2, 0.25) is 0 Å². The molecule has 0 spiro atoms. The fourth-order valence-electron chi connectivity index (χ4n) is 4.04. The highest BCUT2D eigenvalue weighted by Crippen LogP contribution is 2.39. The zero-order valence-electron chi connectivity index (χ0n) is 20.4. The molecule has 194 valence electrons. The van der Waals surface area contributed by atoms with Crippen molar-refractivity contribution < 1.29 is 31.5 Å². The summed E-state index contributed by atoms with van der Waals surface area (Å²) >= 11 is 0. The number of carboxylic acids is 1. The second-order valence-corrected chi connectivity index (χ2v) is 12.8. The minimum atomic E-state index is -3.96. The lowest BCUT2D eigenvalue weighted by Gasteiger charge is -2.35. The fourth-order valence-corrected chi connectivity index (χ4v) is 6.32. The summed E-state index contributed by atoms with van der Waals surface area (Å²) in [5.74, 6) is -0.642. The first-order valence-corrected chi connectivity index (χ1v) is 14.9. The first-order chi connectivity index (χ1) is 17.4. The lowest BCUT2D eigenvalue weighted by molar-refractivity contribution is -0.137. The van der Waals surface area contributed by atoms with Crippen LogP contribution in [0.15, 0.2) is 76.5 Å². The van der Waals surface area contributed by atoms with Crippen molar-refractivity contribution in [3.63, 3.8) is 0 Å². The molecule has 0 saturated carbocycles. The smallest absolute Gasteiger partial charge is 0.303 e. The minimum absolute atomic E-state index is 0.0277. The van der Waals surface area contributed by atoms with E-state index in [0.717, 1.165) is 11.8 Å². The molecule has 1 atom stereocenters. The summed E-state index contributed by atoms with van der Waals surface area (Å²) in [5, 5.41) is 9.10. The van der Waals surface area contributed by atoms with Gasteiger partial charge in [0.1, 0.15) is 11.9 Å². The van der Waals surface area contributed by atoms with E-state index in [9.17, 15) is 21.6 Å². The molecular weight excluding hydrogens is 514 g/mol. The lowest BCUT2D eigenvalue weighted by atomic mass is 10.1. The van der Waals surface area contributed by atoms with Gasteiger partial charge in [-0.15, -0.1) is 0 Å². The number of carbonyl (C=O) groups is 1. The molecule has 37 heavy (non-hydrogen) atoms. The highest BCUT2D eigenvalue weighted by Gasteiger charge is 2.35. The maximum absolute atomic E-state index is 13.7. The van der Waals surface area contributed by atoms with Gasteiger partial charge < -0.3 is 9.84 Å². The molecule has 8 nitrogen and oxygen atoms in total. The van der Waals surface area contributed by atoms with E-state index in [1.54, 1.807) is 60.7 Å². The summed E-state index contributed by atoms with van der Waals surface area (Å²) in [7, 11) is -7.31. The molecule has 10 heteroatoms. The maximum Gasteiger partial charge on any atom is 0.303 e. The first-order valence-electron chi connectivity index (χ1n) is 11.5. The number of hydrogen-bond acceptors (Lipinski definition) is 6. The van der Waals surface area contributed by atoms with E-state index in [-0.39, 0.29) is 29.2 Å². The molecule has 0 aliphatic carbocycles. The van der Waals surface area contributed by atoms with Gasteiger partial charge in [0.25, 0.3) is 10.0 Å².